The van der Waals surface area contributed by atoms with Crippen LogP contribution >= 0.6 is 11.6 Å². The highest BCUT2D eigenvalue weighted by Gasteiger charge is 2.15. The molecule has 0 spiro atoms. The Morgan fingerprint density at radius 3 is 2.58 bits per heavy atom. The molecule has 0 saturated carbocycles. The maximum Gasteiger partial charge on any atom is 0.286 e. The minimum atomic E-state index is -4.15. The second-order valence-electron chi connectivity index (χ2n) is 2.00. The zero-order valence-corrected chi connectivity index (χ0v) is 7.31. The van der Waals surface area contributed by atoms with Crippen molar-refractivity contribution in [3.63, 3.8) is 0 Å². The van der Waals surface area contributed by atoms with E-state index in [-0.39, 0.29) is 9.92 Å². The summed E-state index contributed by atoms with van der Waals surface area (Å²) < 4.78 is 33.1. The molecule has 1 radical (unpaired) electrons. The maximum atomic E-state index is 11.6. The van der Waals surface area contributed by atoms with Gasteiger partial charge in [-0.3, -0.25) is 0 Å². The standard InChI is InChI=1S/C6H4ClFNO2S/c7-5-2-1-3-6(4-5)12(10,11)9-8/h1-4H. The van der Waals surface area contributed by atoms with E-state index >= 15 is 0 Å². The van der Waals surface area contributed by atoms with Gasteiger partial charge in [0.15, 0.2) is 0 Å². The molecule has 0 amide bonds. The molecule has 0 aromatic heterocycles. The van der Waals surface area contributed by atoms with Crippen LogP contribution in [-0.2, 0) is 10.0 Å². The minimum absolute atomic E-state index is 0.222. The minimum Gasteiger partial charge on any atom is -0.203 e. The number of nitrogens with zero attached hydrogens (tertiary/aromatic N) is 1. The van der Waals surface area contributed by atoms with Gasteiger partial charge >= 0.3 is 0 Å². The summed E-state index contributed by atoms with van der Waals surface area (Å²) in [4.78, 5) is 1.49. The average molecular weight is 209 g/mol. The molecule has 0 aliphatic heterocycles. The van der Waals surface area contributed by atoms with Crippen LogP contribution in [0.5, 0.6) is 0 Å². The van der Waals surface area contributed by atoms with Crippen molar-refractivity contribution >= 4 is 21.6 Å². The van der Waals surface area contributed by atoms with Crippen LogP contribution in [0.3, 0.4) is 0 Å². The average Bonchev–Trinajstić information content (AvgIpc) is 2.05. The van der Waals surface area contributed by atoms with Gasteiger partial charge in [-0.05, 0) is 18.2 Å². The molecule has 0 bridgehead atoms. The third kappa shape index (κ3) is 1.94. The lowest BCUT2D eigenvalue weighted by atomic mass is 10.4. The first kappa shape index (κ1) is 9.44. The summed E-state index contributed by atoms with van der Waals surface area (Å²) in [5.74, 6) is 0. The molecule has 0 unspecified atom stereocenters. The van der Waals surface area contributed by atoms with E-state index in [1.807, 2.05) is 0 Å². The molecule has 65 valence electrons. The van der Waals surface area contributed by atoms with Crippen LogP contribution in [0.25, 0.3) is 0 Å². The van der Waals surface area contributed by atoms with E-state index in [4.69, 9.17) is 11.6 Å². The fourth-order valence-corrected chi connectivity index (χ4v) is 1.53. The summed E-state index contributed by atoms with van der Waals surface area (Å²) in [5, 5.41) is 0.222. The predicted octanol–water partition coefficient (Wildman–Crippen LogP) is 1.52. The molecule has 6 heteroatoms. The predicted molar refractivity (Wildman–Crippen MR) is 41.9 cm³/mol. The lowest BCUT2D eigenvalue weighted by Crippen LogP contribution is -2.07. The first-order valence-corrected chi connectivity index (χ1v) is 4.72. The summed E-state index contributed by atoms with van der Waals surface area (Å²) in [7, 11) is -4.15. The van der Waals surface area contributed by atoms with Gasteiger partial charge in [0.25, 0.3) is 10.0 Å². The number of hydrogen-bond acceptors (Lipinski definition) is 2. The summed E-state index contributed by atoms with van der Waals surface area (Å²) >= 11 is 5.48. The van der Waals surface area contributed by atoms with Crippen molar-refractivity contribution < 1.29 is 12.9 Å². The topological polar surface area (TPSA) is 48.2 Å². The molecule has 0 N–H and O–H groups in total. The third-order valence-corrected chi connectivity index (χ3v) is 2.45. The van der Waals surface area contributed by atoms with E-state index in [1.54, 1.807) is 4.94 Å². The van der Waals surface area contributed by atoms with Gasteiger partial charge in [0.05, 0.1) is 9.84 Å². The second-order valence-corrected chi connectivity index (χ2v) is 4.00. The Kier molecular flexibility index (Phi) is 2.66. The van der Waals surface area contributed by atoms with Crippen molar-refractivity contribution in [3.05, 3.63) is 29.3 Å². The molecular formula is C6H4ClFNO2S. The Hall–Kier alpha value is -0.650. The van der Waals surface area contributed by atoms with Crippen LogP contribution in [0.4, 0.5) is 4.48 Å². The molecular weight excluding hydrogens is 205 g/mol. The summed E-state index contributed by atoms with van der Waals surface area (Å²) in [6, 6.07) is 5.23. The lowest BCUT2D eigenvalue weighted by molar-refractivity contribution is 0.415. The van der Waals surface area contributed by atoms with Crippen molar-refractivity contribution in [3.8, 4) is 0 Å². The first-order valence-electron chi connectivity index (χ1n) is 2.90. The van der Waals surface area contributed by atoms with Crippen LogP contribution in [-0.4, -0.2) is 8.42 Å². The Morgan fingerprint density at radius 1 is 1.42 bits per heavy atom. The lowest BCUT2D eigenvalue weighted by Gasteiger charge is -1.96. The molecule has 0 fully saturated rings. The summed E-state index contributed by atoms with van der Waals surface area (Å²) in [6.07, 6.45) is 0. The highest BCUT2D eigenvalue weighted by Crippen LogP contribution is 2.15. The van der Waals surface area contributed by atoms with E-state index in [2.05, 4.69) is 0 Å². The van der Waals surface area contributed by atoms with Gasteiger partial charge in [-0.1, -0.05) is 22.1 Å². The normalized spacial score (nSPS) is 11.5. The van der Waals surface area contributed by atoms with Crippen molar-refractivity contribution in [1.82, 2.24) is 4.94 Å². The van der Waals surface area contributed by atoms with Gasteiger partial charge in [-0.15, -0.1) is 0 Å². The third-order valence-electron chi connectivity index (χ3n) is 1.18. The van der Waals surface area contributed by atoms with Gasteiger partial charge in [0, 0.05) is 5.02 Å². The van der Waals surface area contributed by atoms with E-state index in [9.17, 15) is 12.9 Å². The monoisotopic (exact) mass is 208 g/mol. The fraction of sp³-hybridized carbons (Fsp3) is 0. The van der Waals surface area contributed by atoms with E-state index in [0.717, 1.165) is 6.07 Å². The van der Waals surface area contributed by atoms with Crippen molar-refractivity contribution in [2.75, 3.05) is 0 Å². The molecule has 3 nitrogen and oxygen atoms in total. The largest absolute Gasteiger partial charge is 0.286 e. The number of benzene rings is 1. The zero-order chi connectivity index (χ0) is 9.19. The molecule has 1 rings (SSSR count). The quantitative estimate of drug-likeness (QED) is 0.740. The first-order chi connectivity index (χ1) is 5.56. The number of sulfonamides is 1. The Balaban J connectivity index is 3.21. The molecule has 0 aliphatic carbocycles. The maximum absolute atomic E-state index is 11.6. The second kappa shape index (κ2) is 3.38. The SMILES string of the molecule is O=S(=O)([N]F)c1cccc(Cl)c1. The number of hydrogen-bond donors (Lipinski definition) is 0. The van der Waals surface area contributed by atoms with Gasteiger partial charge in [0.2, 0.25) is 0 Å². The Labute approximate surface area is 74.1 Å². The Morgan fingerprint density at radius 2 is 2.08 bits per heavy atom. The van der Waals surface area contributed by atoms with E-state index < -0.39 is 10.0 Å². The molecule has 12 heavy (non-hydrogen) atoms. The number of halogens is 2. The fourth-order valence-electron chi connectivity index (χ4n) is 0.667. The van der Waals surface area contributed by atoms with Crippen molar-refractivity contribution in [1.29, 1.82) is 0 Å². The van der Waals surface area contributed by atoms with Crippen LogP contribution in [0, 0.1) is 0 Å². The smallest absolute Gasteiger partial charge is 0.203 e. The van der Waals surface area contributed by atoms with Crippen LogP contribution in [0.2, 0.25) is 5.02 Å². The van der Waals surface area contributed by atoms with Gasteiger partial charge in [0.1, 0.15) is 0 Å². The van der Waals surface area contributed by atoms with Crippen LogP contribution in [0.15, 0.2) is 29.2 Å². The molecule has 0 atom stereocenters. The van der Waals surface area contributed by atoms with Crippen LogP contribution < -0.4 is 4.94 Å². The zero-order valence-electron chi connectivity index (χ0n) is 5.74. The molecule has 0 aliphatic rings. The molecule has 1 aromatic carbocycles. The Bertz CT molecular complexity index is 379. The van der Waals surface area contributed by atoms with E-state index in [1.165, 1.54) is 18.2 Å². The van der Waals surface area contributed by atoms with Gasteiger partial charge < -0.3 is 0 Å². The van der Waals surface area contributed by atoms with Crippen molar-refractivity contribution in [2.24, 2.45) is 0 Å². The summed E-state index contributed by atoms with van der Waals surface area (Å²) in [5.41, 5.74) is 0. The molecule has 0 heterocycles. The van der Waals surface area contributed by atoms with Crippen LogP contribution in [0.1, 0.15) is 0 Å². The van der Waals surface area contributed by atoms with Crippen molar-refractivity contribution in [2.45, 2.75) is 4.90 Å². The molecule has 0 saturated heterocycles. The van der Waals surface area contributed by atoms with Gasteiger partial charge in [-0.25, -0.2) is 8.42 Å². The number of rotatable bonds is 2. The summed E-state index contributed by atoms with van der Waals surface area (Å²) in [6.45, 7) is 0. The molecule has 1 aromatic rings. The highest BCUT2D eigenvalue weighted by atomic mass is 35.5. The highest BCUT2D eigenvalue weighted by molar-refractivity contribution is 7.89. The van der Waals surface area contributed by atoms with E-state index in [0.29, 0.717) is 0 Å². The van der Waals surface area contributed by atoms with Gasteiger partial charge in [-0.2, -0.15) is 0 Å².